The Morgan fingerprint density at radius 3 is 2.87 bits per heavy atom. The van der Waals surface area contributed by atoms with Gasteiger partial charge in [0.25, 0.3) is 5.56 Å². The summed E-state index contributed by atoms with van der Waals surface area (Å²) in [6, 6.07) is 1.66. The lowest BCUT2D eigenvalue weighted by atomic mass is 9.76. The van der Waals surface area contributed by atoms with Gasteiger partial charge in [-0.3, -0.25) is 14.1 Å². The van der Waals surface area contributed by atoms with E-state index in [2.05, 4.69) is 37.6 Å². The summed E-state index contributed by atoms with van der Waals surface area (Å²) in [6.45, 7) is 13.9. The number of rotatable bonds is 2. The molecule has 0 amide bonds. The fourth-order valence-corrected chi connectivity index (χ4v) is 3.84. The van der Waals surface area contributed by atoms with Gasteiger partial charge in [0.05, 0.1) is 17.9 Å². The lowest BCUT2D eigenvalue weighted by Crippen LogP contribution is -2.56. The predicted molar refractivity (Wildman–Crippen MR) is 93.2 cm³/mol. The third kappa shape index (κ3) is 3.07. The molecule has 1 saturated heterocycles. The van der Waals surface area contributed by atoms with Gasteiger partial charge in [-0.2, -0.15) is 0 Å². The number of nitrogens with zero attached hydrogens (tertiary/aromatic N) is 3. The van der Waals surface area contributed by atoms with Crippen LogP contribution in [0.1, 0.15) is 39.1 Å². The fraction of sp³-hybridized carbons (Fsp3) is 0.647. The number of aromatic nitrogens is 2. The summed E-state index contributed by atoms with van der Waals surface area (Å²) in [7, 11) is 0. The molecule has 1 aliphatic heterocycles. The van der Waals surface area contributed by atoms with Crippen LogP contribution < -0.4 is 5.56 Å². The van der Waals surface area contributed by atoms with E-state index in [4.69, 9.17) is 4.74 Å². The number of fused-ring (bicyclic) bond motifs is 1. The summed E-state index contributed by atoms with van der Waals surface area (Å²) < 4.78 is 7.74. The van der Waals surface area contributed by atoms with E-state index in [-0.39, 0.29) is 16.6 Å². The smallest absolute Gasteiger partial charge is 0.259 e. The largest absolute Gasteiger partial charge is 0.372 e. The van der Waals surface area contributed by atoms with E-state index in [1.54, 1.807) is 10.5 Å². The Morgan fingerprint density at radius 2 is 2.17 bits per heavy atom. The standard InChI is InChI=1S/C17H25N3O2S/c1-12-10-23-15-18-13(8-14(21)20(12)15)9-19-6-7-22-17(5,11-19)16(2,3)4/h8,10H,6-7,9,11H2,1-5H3. The number of aryl methyl sites for hydroxylation is 1. The lowest BCUT2D eigenvalue weighted by molar-refractivity contribution is -0.155. The fourth-order valence-electron chi connectivity index (χ4n) is 2.95. The van der Waals surface area contributed by atoms with Crippen molar-refractivity contribution in [1.29, 1.82) is 0 Å². The van der Waals surface area contributed by atoms with Crippen LogP contribution in [0.3, 0.4) is 0 Å². The second-order valence-corrected chi connectivity index (χ2v) is 8.46. The van der Waals surface area contributed by atoms with Crippen molar-refractivity contribution in [2.75, 3.05) is 19.7 Å². The second-order valence-electron chi connectivity index (χ2n) is 7.62. The molecule has 0 N–H and O–H groups in total. The summed E-state index contributed by atoms with van der Waals surface area (Å²) in [5.41, 5.74) is 1.67. The van der Waals surface area contributed by atoms with Crippen LogP contribution in [-0.2, 0) is 11.3 Å². The van der Waals surface area contributed by atoms with Gasteiger partial charge < -0.3 is 4.74 Å². The van der Waals surface area contributed by atoms with E-state index >= 15 is 0 Å². The maximum atomic E-state index is 12.3. The molecule has 1 atom stereocenters. The van der Waals surface area contributed by atoms with Gasteiger partial charge in [0.1, 0.15) is 0 Å². The van der Waals surface area contributed by atoms with Crippen molar-refractivity contribution in [3.63, 3.8) is 0 Å². The average molecular weight is 335 g/mol. The molecule has 0 aliphatic carbocycles. The van der Waals surface area contributed by atoms with Crippen LogP contribution in [0.15, 0.2) is 16.2 Å². The molecule has 0 aromatic carbocycles. The minimum Gasteiger partial charge on any atom is -0.372 e. The quantitative estimate of drug-likeness (QED) is 0.846. The van der Waals surface area contributed by atoms with Crippen molar-refractivity contribution in [3.05, 3.63) is 33.2 Å². The predicted octanol–water partition coefficient (Wildman–Crippen LogP) is 2.70. The van der Waals surface area contributed by atoms with Gasteiger partial charge >= 0.3 is 0 Å². The molecule has 0 bridgehead atoms. The van der Waals surface area contributed by atoms with Gasteiger partial charge in [0.2, 0.25) is 0 Å². The second kappa shape index (κ2) is 5.69. The number of hydrogen-bond acceptors (Lipinski definition) is 5. The molecular weight excluding hydrogens is 310 g/mol. The zero-order valence-electron chi connectivity index (χ0n) is 14.5. The van der Waals surface area contributed by atoms with Crippen LogP contribution in [0.4, 0.5) is 0 Å². The Balaban J connectivity index is 1.83. The molecule has 1 aliphatic rings. The number of morpholine rings is 1. The Labute approximate surface area is 140 Å². The van der Waals surface area contributed by atoms with Crippen LogP contribution in [0.2, 0.25) is 0 Å². The first-order valence-electron chi connectivity index (χ1n) is 8.03. The molecule has 1 fully saturated rings. The van der Waals surface area contributed by atoms with Gasteiger partial charge in [0.15, 0.2) is 4.96 Å². The van der Waals surface area contributed by atoms with Crippen molar-refractivity contribution in [1.82, 2.24) is 14.3 Å². The summed E-state index contributed by atoms with van der Waals surface area (Å²) in [4.78, 5) is 20.1. The third-order valence-electron chi connectivity index (χ3n) is 4.95. The Hall–Kier alpha value is -1.24. The van der Waals surface area contributed by atoms with Crippen molar-refractivity contribution in [2.45, 2.75) is 46.8 Å². The molecule has 0 spiro atoms. The van der Waals surface area contributed by atoms with Crippen LogP contribution in [0.25, 0.3) is 4.96 Å². The molecular formula is C17H25N3O2S. The topological polar surface area (TPSA) is 46.8 Å². The van der Waals surface area contributed by atoms with E-state index in [1.165, 1.54) is 11.3 Å². The summed E-state index contributed by atoms with van der Waals surface area (Å²) >= 11 is 1.52. The monoisotopic (exact) mass is 335 g/mol. The molecule has 5 nitrogen and oxygen atoms in total. The Kier molecular flexibility index (Phi) is 4.11. The van der Waals surface area contributed by atoms with Gasteiger partial charge in [0, 0.05) is 36.8 Å². The van der Waals surface area contributed by atoms with E-state index in [0.717, 1.165) is 29.4 Å². The van der Waals surface area contributed by atoms with E-state index in [0.29, 0.717) is 13.2 Å². The first kappa shape index (κ1) is 16.6. The lowest BCUT2D eigenvalue weighted by Gasteiger charge is -2.48. The number of hydrogen-bond donors (Lipinski definition) is 0. The highest BCUT2D eigenvalue weighted by Crippen LogP contribution is 2.36. The molecule has 1 unspecified atom stereocenters. The molecule has 126 valence electrons. The molecule has 3 rings (SSSR count). The molecule has 2 aromatic heterocycles. The van der Waals surface area contributed by atoms with Gasteiger partial charge in [-0.15, -0.1) is 11.3 Å². The van der Waals surface area contributed by atoms with Gasteiger partial charge in [-0.05, 0) is 19.3 Å². The SMILES string of the molecule is Cc1csc2nc(CN3CCOC(C)(C(C)(C)C)C3)cc(=O)n12. The maximum Gasteiger partial charge on any atom is 0.259 e. The molecule has 3 heterocycles. The van der Waals surface area contributed by atoms with Crippen LogP contribution in [-0.4, -0.2) is 39.6 Å². The normalized spacial score (nSPS) is 23.5. The van der Waals surface area contributed by atoms with E-state index in [1.807, 2.05) is 12.3 Å². The minimum atomic E-state index is -0.191. The molecule has 23 heavy (non-hydrogen) atoms. The highest BCUT2D eigenvalue weighted by atomic mass is 32.1. The van der Waals surface area contributed by atoms with Crippen molar-refractivity contribution in [3.8, 4) is 0 Å². The van der Waals surface area contributed by atoms with Gasteiger partial charge in [-0.25, -0.2) is 4.98 Å². The maximum absolute atomic E-state index is 12.3. The first-order valence-corrected chi connectivity index (χ1v) is 8.91. The summed E-state index contributed by atoms with van der Waals surface area (Å²) in [5, 5.41) is 1.97. The Morgan fingerprint density at radius 1 is 1.43 bits per heavy atom. The number of thiazole rings is 1. The van der Waals surface area contributed by atoms with Crippen LogP contribution >= 0.6 is 11.3 Å². The Bertz CT molecular complexity index is 774. The molecule has 0 saturated carbocycles. The minimum absolute atomic E-state index is 0.00981. The van der Waals surface area contributed by atoms with Crippen molar-refractivity contribution < 1.29 is 4.74 Å². The first-order chi connectivity index (χ1) is 10.7. The van der Waals surface area contributed by atoms with E-state index < -0.39 is 0 Å². The molecule has 0 radical (unpaired) electrons. The van der Waals surface area contributed by atoms with Crippen LogP contribution in [0, 0.1) is 12.3 Å². The van der Waals surface area contributed by atoms with Gasteiger partial charge in [-0.1, -0.05) is 20.8 Å². The third-order valence-corrected chi connectivity index (χ3v) is 5.90. The molecule has 6 heteroatoms. The zero-order valence-corrected chi connectivity index (χ0v) is 15.4. The molecule has 2 aromatic rings. The van der Waals surface area contributed by atoms with Crippen molar-refractivity contribution in [2.24, 2.45) is 5.41 Å². The van der Waals surface area contributed by atoms with Crippen molar-refractivity contribution >= 4 is 16.3 Å². The number of ether oxygens (including phenoxy) is 1. The summed E-state index contributed by atoms with van der Waals surface area (Å²) in [6.07, 6.45) is 0. The average Bonchev–Trinajstić information content (AvgIpc) is 2.79. The zero-order chi connectivity index (χ0) is 16.8. The summed E-state index contributed by atoms with van der Waals surface area (Å²) in [5.74, 6) is 0. The van der Waals surface area contributed by atoms with Crippen LogP contribution in [0.5, 0.6) is 0 Å². The van der Waals surface area contributed by atoms with E-state index in [9.17, 15) is 4.79 Å². The highest BCUT2D eigenvalue weighted by molar-refractivity contribution is 7.15. The highest BCUT2D eigenvalue weighted by Gasteiger charge is 2.42.